The second kappa shape index (κ2) is 5.32. The van der Waals surface area contributed by atoms with Gasteiger partial charge < -0.3 is 10.1 Å². The predicted octanol–water partition coefficient (Wildman–Crippen LogP) is 3.53. The zero-order chi connectivity index (χ0) is 13.2. The number of hydrogen-bond acceptors (Lipinski definition) is 2. The lowest BCUT2D eigenvalue weighted by Gasteiger charge is -2.26. The molecular formula is C17H21NO. The van der Waals surface area contributed by atoms with E-state index in [0.717, 1.165) is 13.0 Å². The van der Waals surface area contributed by atoms with E-state index in [1.54, 1.807) is 0 Å². The highest BCUT2D eigenvalue weighted by atomic mass is 16.5. The van der Waals surface area contributed by atoms with Gasteiger partial charge in [-0.25, -0.2) is 0 Å². The molecule has 3 atom stereocenters. The van der Waals surface area contributed by atoms with Crippen LogP contribution in [-0.2, 0) is 4.74 Å². The SMILES string of the molecule is CNC(c1ccc2ccccc2c1)C1CCOC1C. The van der Waals surface area contributed by atoms with Gasteiger partial charge in [-0.15, -0.1) is 0 Å². The summed E-state index contributed by atoms with van der Waals surface area (Å²) in [6.07, 6.45) is 1.48. The second-order valence-electron chi connectivity index (χ2n) is 5.40. The minimum atomic E-state index is 0.337. The Morgan fingerprint density at radius 1 is 1.16 bits per heavy atom. The van der Waals surface area contributed by atoms with E-state index >= 15 is 0 Å². The van der Waals surface area contributed by atoms with Gasteiger partial charge in [-0.2, -0.15) is 0 Å². The fourth-order valence-corrected chi connectivity index (χ4v) is 3.22. The van der Waals surface area contributed by atoms with Crippen LogP contribution in [0.2, 0.25) is 0 Å². The van der Waals surface area contributed by atoms with Crippen LogP contribution >= 0.6 is 0 Å². The maximum atomic E-state index is 5.72. The summed E-state index contributed by atoms with van der Waals surface area (Å²) in [5, 5.41) is 6.09. The third-order valence-electron chi connectivity index (χ3n) is 4.31. The van der Waals surface area contributed by atoms with Crippen molar-refractivity contribution in [3.05, 3.63) is 48.0 Å². The van der Waals surface area contributed by atoms with Gasteiger partial charge >= 0.3 is 0 Å². The van der Waals surface area contributed by atoms with Crippen molar-refractivity contribution < 1.29 is 4.74 Å². The maximum Gasteiger partial charge on any atom is 0.0594 e. The highest BCUT2D eigenvalue weighted by Gasteiger charge is 2.31. The molecule has 1 N–H and O–H groups in total. The van der Waals surface area contributed by atoms with E-state index in [1.165, 1.54) is 16.3 Å². The Morgan fingerprint density at radius 2 is 1.95 bits per heavy atom. The molecule has 0 aromatic heterocycles. The van der Waals surface area contributed by atoms with Crippen LogP contribution in [0.1, 0.15) is 24.9 Å². The van der Waals surface area contributed by atoms with Crippen molar-refractivity contribution in [2.45, 2.75) is 25.5 Å². The average molecular weight is 255 g/mol. The molecule has 1 aliphatic rings. The summed E-state index contributed by atoms with van der Waals surface area (Å²) in [7, 11) is 2.05. The molecule has 0 saturated carbocycles. The molecule has 0 radical (unpaired) electrons. The molecule has 2 nitrogen and oxygen atoms in total. The zero-order valence-corrected chi connectivity index (χ0v) is 11.6. The van der Waals surface area contributed by atoms with Crippen LogP contribution in [0.25, 0.3) is 10.8 Å². The molecule has 2 heteroatoms. The largest absolute Gasteiger partial charge is 0.378 e. The minimum absolute atomic E-state index is 0.337. The third-order valence-corrected chi connectivity index (χ3v) is 4.31. The lowest BCUT2D eigenvalue weighted by atomic mass is 9.87. The van der Waals surface area contributed by atoms with Gasteiger partial charge in [0.05, 0.1) is 6.10 Å². The van der Waals surface area contributed by atoms with Gasteiger partial charge in [0.1, 0.15) is 0 Å². The number of hydrogen-bond donors (Lipinski definition) is 1. The summed E-state index contributed by atoms with van der Waals surface area (Å²) in [6.45, 7) is 3.07. The molecule has 0 spiro atoms. The Bertz CT molecular complexity index is 566. The van der Waals surface area contributed by atoms with Crippen LogP contribution in [0.5, 0.6) is 0 Å². The van der Waals surface area contributed by atoms with Gasteiger partial charge in [-0.05, 0) is 42.8 Å². The van der Waals surface area contributed by atoms with Crippen molar-refractivity contribution in [3.63, 3.8) is 0 Å². The van der Waals surface area contributed by atoms with Crippen LogP contribution in [0.15, 0.2) is 42.5 Å². The fraction of sp³-hybridized carbons (Fsp3) is 0.412. The van der Waals surface area contributed by atoms with Gasteiger partial charge in [-0.3, -0.25) is 0 Å². The van der Waals surface area contributed by atoms with E-state index in [0.29, 0.717) is 18.1 Å². The van der Waals surface area contributed by atoms with E-state index in [2.05, 4.69) is 54.7 Å². The lowest BCUT2D eigenvalue weighted by molar-refractivity contribution is 0.0963. The first-order valence-corrected chi connectivity index (χ1v) is 7.07. The predicted molar refractivity (Wildman–Crippen MR) is 79.3 cm³/mol. The van der Waals surface area contributed by atoms with Crippen molar-refractivity contribution in [2.24, 2.45) is 5.92 Å². The van der Waals surface area contributed by atoms with Crippen molar-refractivity contribution in [1.82, 2.24) is 5.32 Å². The van der Waals surface area contributed by atoms with E-state index in [1.807, 2.05) is 7.05 Å². The first kappa shape index (κ1) is 12.6. The molecular weight excluding hydrogens is 234 g/mol. The van der Waals surface area contributed by atoms with E-state index in [4.69, 9.17) is 4.74 Å². The number of rotatable bonds is 3. The quantitative estimate of drug-likeness (QED) is 0.906. The normalized spacial score (nSPS) is 24.7. The summed E-state index contributed by atoms with van der Waals surface area (Å²) >= 11 is 0. The fourth-order valence-electron chi connectivity index (χ4n) is 3.22. The number of benzene rings is 2. The molecule has 2 aromatic rings. The molecule has 3 unspecified atom stereocenters. The minimum Gasteiger partial charge on any atom is -0.378 e. The van der Waals surface area contributed by atoms with Crippen LogP contribution in [0.4, 0.5) is 0 Å². The Kier molecular flexibility index (Phi) is 3.54. The number of ether oxygens (including phenoxy) is 1. The van der Waals surface area contributed by atoms with Crippen molar-refractivity contribution in [3.8, 4) is 0 Å². The van der Waals surface area contributed by atoms with Crippen LogP contribution in [-0.4, -0.2) is 19.8 Å². The Hall–Kier alpha value is -1.38. The highest BCUT2D eigenvalue weighted by Crippen LogP contribution is 2.34. The first-order chi connectivity index (χ1) is 9.29. The van der Waals surface area contributed by atoms with Gasteiger partial charge in [-0.1, -0.05) is 36.4 Å². The van der Waals surface area contributed by atoms with Crippen molar-refractivity contribution in [2.75, 3.05) is 13.7 Å². The molecule has 3 rings (SSSR count). The van der Waals surface area contributed by atoms with Gasteiger partial charge in [0.2, 0.25) is 0 Å². The molecule has 2 aromatic carbocycles. The standard InChI is InChI=1S/C17H21NO/c1-12-16(9-10-19-12)17(18-2)15-8-7-13-5-3-4-6-14(13)11-15/h3-8,11-12,16-18H,9-10H2,1-2H3. The monoisotopic (exact) mass is 255 g/mol. The van der Waals surface area contributed by atoms with Crippen LogP contribution in [0, 0.1) is 5.92 Å². The van der Waals surface area contributed by atoms with Crippen molar-refractivity contribution in [1.29, 1.82) is 0 Å². The Balaban J connectivity index is 1.96. The van der Waals surface area contributed by atoms with Gasteiger partial charge in [0.15, 0.2) is 0 Å². The number of fused-ring (bicyclic) bond motifs is 1. The zero-order valence-electron chi connectivity index (χ0n) is 11.6. The smallest absolute Gasteiger partial charge is 0.0594 e. The lowest BCUT2D eigenvalue weighted by Crippen LogP contribution is -2.29. The summed E-state index contributed by atoms with van der Waals surface area (Å²) in [5.74, 6) is 0.561. The molecule has 0 amide bonds. The molecule has 1 aliphatic heterocycles. The second-order valence-corrected chi connectivity index (χ2v) is 5.40. The molecule has 1 saturated heterocycles. The van der Waals surface area contributed by atoms with E-state index < -0.39 is 0 Å². The Morgan fingerprint density at radius 3 is 2.63 bits per heavy atom. The van der Waals surface area contributed by atoms with Crippen LogP contribution < -0.4 is 5.32 Å². The summed E-state index contributed by atoms with van der Waals surface area (Å²) in [5.41, 5.74) is 1.36. The van der Waals surface area contributed by atoms with Crippen molar-refractivity contribution >= 4 is 10.8 Å². The van der Waals surface area contributed by atoms with Gasteiger partial charge in [0, 0.05) is 18.6 Å². The summed E-state index contributed by atoms with van der Waals surface area (Å²) in [6, 6.07) is 15.7. The van der Waals surface area contributed by atoms with E-state index in [-0.39, 0.29) is 0 Å². The highest BCUT2D eigenvalue weighted by molar-refractivity contribution is 5.83. The molecule has 0 bridgehead atoms. The topological polar surface area (TPSA) is 21.3 Å². The van der Waals surface area contributed by atoms with Crippen LogP contribution in [0.3, 0.4) is 0 Å². The summed E-state index contributed by atoms with van der Waals surface area (Å²) in [4.78, 5) is 0. The molecule has 1 fully saturated rings. The molecule has 0 aliphatic carbocycles. The molecule has 1 heterocycles. The van der Waals surface area contributed by atoms with E-state index in [9.17, 15) is 0 Å². The summed E-state index contributed by atoms with van der Waals surface area (Å²) < 4.78 is 5.72. The third kappa shape index (κ3) is 2.38. The maximum absolute atomic E-state index is 5.72. The molecule has 100 valence electrons. The number of nitrogens with one attached hydrogen (secondary N) is 1. The average Bonchev–Trinajstić information content (AvgIpc) is 2.86. The van der Waals surface area contributed by atoms with Gasteiger partial charge in [0.25, 0.3) is 0 Å². The first-order valence-electron chi connectivity index (χ1n) is 7.07. The Labute approximate surface area is 114 Å². The molecule has 19 heavy (non-hydrogen) atoms.